The fraction of sp³-hybridized carbons (Fsp3) is 0. The first-order chi connectivity index (χ1) is 11.6. The van der Waals surface area contributed by atoms with E-state index in [2.05, 4.69) is 0 Å². The lowest BCUT2D eigenvalue weighted by molar-refractivity contribution is -0.385. The first-order valence-corrected chi connectivity index (χ1v) is 9.19. The molecule has 2 rings (SSSR count). The number of thiol groups is 1. The Labute approximate surface area is 144 Å². The van der Waals surface area contributed by atoms with Crippen molar-refractivity contribution in [1.82, 2.24) is 0 Å². The number of hydrogen-bond donors (Lipinski definition) is 3. The number of nitrogens with two attached hydrogens (primary N) is 1. The third-order valence-corrected chi connectivity index (χ3v) is 4.87. The lowest BCUT2D eigenvalue weighted by atomic mass is 10.1. The van der Waals surface area contributed by atoms with Gasteiger partial charge in [0.1, 0.15) is 4.90 Å². The van der Waals surface area contributed by atoms with Crippen LogP contribution in [-0.4, -0.2) is 26.3 Å². The van der Waals surface area contributed by atoms with Gasteiger partial charge in [0.05, 0.1) is 9.82 Å². The number of nitro groups is 1. The Hall–Kier alpha value is -2.76. The molecule has 0 radical (unpaired) electrons. The quantitative estimate of drug-likeness (QED) is 0.175. The molecule has 3 N–H and O–H groups in total. The van der Waals surface area contributed by atoms with Crippen LogP contribution in [0, 0.1) is 10.1 Å². The second kappa shape index (κ2) is 7.01. The van der Waals surface area contributed by atoms with Gasteiger partial charge in [0, 0.05) is 17.8 Å². The predicted molar refractivity (Wildman–Crippen MR) is 91.3 cm³/mol. The van der Waals surface area contributed by atoms with E-state index in [4.69, 9.17) is 5.73 Å². The van der Waals surface area contributed by atoms with Crippen LogP contribution in [0.3, 0.4) is 0 Å². The van der Waals surface area contributed by atoms with Crippen molar-refractivity contribution in [2.75, 3.05) is 5.73 Å². The van der Waals surface area contributed by atoms with Crippen LogP contribution in [0.15, 0.2) is 46.2 Å². The van der Waals surface area contributed by atoms with Gasteiger partial charge in [-0.3, -0.25) is 14.7 Å². The monoisotopic (exact) mass is 384 g/mol. The van der Waals surface area contributed by atoms with Crippen molar-refractivity contribution in [3.05, 3.63) is 57.6 Å². The number of nitro benzene ring substituents is 1. The summed E-state index contributed by atoms with van der Waals surface area (Å²) >= 11 is 0. The van der Waals surface area contributed by atoms with E-state index in [1.165, 1.54) is 30.4 Å². The standard InChI is InChI=1S/C14H12N2O7S2/c15-11-5-3-9(13(7-11)24(19)20)1-2-10-4-6-12(16(17)18)8-14(10)25(21,22)23/h1-8,24H,15H2,(H,21,22,23)/b2-1+. The summed E-state index contributed by atoms with van der Waals surface area (Å²) in [6.07, 6.45) is 2.52. The zero-order valence-electron chi connectivity index (χ0n) is 12.4. The van der Waals surface area contributed by atoms with Gasteiger partial charge in [0.15, 0.2) is 10.7 Å². The normalized spacial score (nSPS) is 11.9. The molecule has 0 aliphatic rings. The predicted octanol–water partition coefficient (Wildman–Crippen LogP) is 1.56. The van der Waals surface area contributed by atoms with E-state index in [0.717, 1.165) is 12.1 Å². The van der Waals surface area contributed by atoms with Crippen molar-refractivity contribution >= 4 is 44.3 Å². The molecule has 0 saturated heterocycles. The molecular formula is C14H12N2O7S2. The van der Waals surface area contributed by atoms with Crippen molar-refractivity contribution < 1.29 is 26.3 Å². The van der Waals surface area contributed by atoms with Crippen LogP contribution in [-0.2, 0) is 20.8 Å². The Morgan fingerprint density at radius 3 is 2.24 bits per heavy atom. The molecule has 0 aliphatic carbocycles. The fourth-order valence-electron chi connectivity index (χ4n) is 2.04. The Morgan fingerprint density at radius 2 is 1.68 bits per heavy atom. The van der Waals surface area contributed by atoms with Gasteiger partial charge in [0.2, 0.25) is 0 Å². The second-order valence-electron chi connectivity index (χ2n) is 4.86. The summed E-state index contributed by atoms with van der Waals surface area (Å²) in [5.74, 6) is 0. The Balaban J connectivity index is 2.58. The van der Waals surface area contributed by atoms with Crippen LogP contribution < -0.4 is 5.73 Å². The summed E-state index contributed by atoms with van der Waals surface area (Å²) < 4.78 is 54.7. The van der Waals surface area contributed by atoms with E-state index < -0.39 is 36.3 Å². The van der Waals surface area contributed by atoms with Crippen LogP contribution in [0.2, 0.25) is 0 Å². The number of nitrogen functional groups attached to an aromatic ring is 1. The number of hydrogen-bond acceptors (Lipinski definition) is 7. The molecular weight excluding hydrogens is 372 g/mol. The number of benzene rings is 2. The van der Waals surface area contributed by atoms with Gasteiger partial charge in [-0.15, -0.1) is 0 Å². The van der Waals surface area contributed by atoms with Crippen molar-refractivity contribution in [3.63, 3.8) is 0 Å². The molecule has 9 nitrogen and oxygen atoms in total. The third-order valence-electron chi connectivity index (χ3n) is 3.18. The summed E-state index contributed by atoms with van der Waals surface area (Å²) in [6, 6.07) is 7.03. The highest BCUT2D eigenvalue weighted by molar-refractivity contribution is 7.86. The molecule has 0 bridgehead atoms. The van der Waals surface area contributed by atoms with Gasteiger partial charge < -0.3 is 5.73 Å². The molecule has 11 heteroatoms. The molecule has 0 unspecified atom stereocenters. The Bertz CT molecular complexity index is 1050. The summed E-state index contributed by atoms with van der Waals surface area (Å²) in [7, 11) is -7.67. The molecule has 25 heavy (non-hydrogen) atoms. The van der Waals surface area contributed by atoms with Crippen LogP contribution in [0.5, 0.6) is 0 Å². The molecule has 0 heterocycles. The first-order valence-electron chi connectivity index (χ1n) is 6.57. The van der Waals surface area contributed by atoms with Gasteiger partial charge in [-0.25, -0.2) is 8.42 Å². The first kappa shape index (κ1) is 18.6. The number of nitrogens with zero attached hydrogens (tertiary/aromatic N) is 1. The van der Waals surface area contributed by atoms with Crippen molar-refractivity contribution in [2.45, 2.75) is 9.79 Å². The number of non-ortho nitro benzene ring substituents is 1. The maximum Gasteiger partial charge on any atom is 0.295 e. The largest absolute Gasteiger partial charge is 0.399 e. The van der Waals surface area contributed by atoms with Gasteiger partial charge in [0.25, 0.3) is 15.8 Å². The van der Waals surface area contributed by atoms with Gasteiger partial charge in [-0.05, 0) is 29.3 Å². The topological polar surface area (TPSA) is 158 Å². The third kappa shape index (κ3) is 4.41. The molecule has 0 amide bonds. The van der Waals surface area contributed by atoms with E-state index in [1.54, 1.807) is 0 Å². The fourth-order valence-corrected chi connectivity index (χ4v) is 3.35. The minimum Gasteiger partial charge on any atom is -0.399 e. The van der Waals surface area contributed by atoms with Crippen LogP contribution >= 0.6 is 0 Å². The van der Waals surface area contributed by atoms with E-state index in [0.29, 0.717) is 6.07 Å². The SMILES string of the molecule is Nc1ccc(/C=C/c2ccc([N+](=O)[O-])cc2S(=O)(=O)O)c([SH](=O)=O)c1. The van der Waals surface area contributed by atoms with Crippen LogP contribution in [0.25, 0.3) is 12.2 Å². The van der Waals surface area contributed by atoms with Crippen molar-refractivity contribution in [1.29, 1.82) is 0 Å². The summed E-state index contributed by atoms with van der Waals surface area (Å²) in [5.41, 5.74) is 5.45. The van der Waals surface area contributed by atoms with Gasteiger partial charge in [-0.2, -0.15) is 8.42 Å². The maximum absolute atomic E-state index is 11.4. The molecule has 0 fully saturated rings. The van der Waals surface area contributed by atoms with Crippen molar-refractivity contribution in [3.8, 4) is 0 Å². The molecule has 0 spiro atoms. The average Bonchev–Trinajstić information content (AvgIpc) is 2.52. The highest BCUT2D eigenvalue weighted by atomic mass is 32.2. The van der Waals surface area contributed by atoms with E-state index in [9.17, 15) is 31.5 Å². The zero-order valence-corrected chi connectivity index (χ0v) is 14.1. The van der Waals surface area contributed by atoms with Crippen LogP contribution in [0.1, 0.15) is 11.1 Å². The highest BCUT2D eigenvalue weighted by Gasteiger charge is 2.18. The smallest absolute Gasteiger partial charge is 0.295 e. The molecule has 0 atom stereocenters. The summed E-state index contributed by atoms with van der Waals surface area (Å²) in [4.78, 5) is 9.22. The molecule has 0 aliphatic heterocycles. The molecule has 2 aromatic carbocycles. The van der Waals surface area contributed by atoms with Crippen molar-refractivity contribution in [2.24, 2.45) is 0 Å². The second-order valence-corrected chi connectivity index (χ2v) is 7.25. The molecule has 2 aromatic rings. The van der Waals surface area contributed by atoms with Gasteiger partial charge in [-0.1, -0.05) is 18.2 Å². The van der Waals surface area contributed by atoms with E-state index >= 15 is 0 Å². The highest BCUT2D eigenvalue weighted by Crippen LogP contribution is 2.25. The Kier molecular flexibility index (Phi) is 5.21. The summed E-state index contributed by atoms with van der Waals surface area (Å²) in [5, 5.41) is 10.8. The molecule has 132 valence electrons. The lowest BCUT2D eigenvalue weighted by Crippen LogP contribution is -2.02. The maximum atomic E-state index is 11.4. The molecule has 0 aromatic heterocycles. The average molecular weight is 384 g/mol. The minimum atomic E-state index is -4.72. The van der Waals surface area contributed by atoms with Crippen LogP contribution in [0.4, 0.5) is 11.4 Å². The molecule has 0 saturated carbocycles. The number of rotatable bonds is 5. The van der Waals surface area contributed by atoms with E-state index in [-0.39, 0.29) is 21.7 Å². The van der Waals surface area contributed by atoms with Gasteiger partial charge >= 0.3 is 0 Å². The zero-order chi connectivity index (χ0) is 18.8. The van der Waals surface area contributed by atoms with E-state index in [1.807, 2.05) is 0 Å². The number of anilines is 1. The Morgan fingerprint density at radius 1 is 1.08 bits per heavy atom. The minimum absolute atomic E-state index is 0.0444. The lowest BCUT2D eigenvalue weighted by Gasteiger charge is -2.04. The summed E-state index contributed by atoms with van der Waals surface area (Å²) in [6.45, 7) is 0.